The molecule has 0 aromatic heterocycles. The van der Waals surface area contributed by atoms with Crippen LogP contribution in [0.2, 0.25) is 0 Å². The van der Waals surface area contributed by atoms with Crippen LogP contribution in [0.3, 0.4) is 0 Å². The molecule has 116 valence electrons. The van der Waals surface area contributed by atoms with Crippen molar-refractivity contribution in [1.82, 2.24) is 0 Å². The molecule has 5 nitrogen and oxygen atoms in total. The summed E-state index contributed by atoms with van der Waals surface area (Å²) >= 11 is 0. The molecule has 4 N–H and O–H groups in total. The van der Waals surface area contributed by atoms with E-state index in [0.29, 0.717) is 17.9 Å². The van der Waals surface area contributed by atoms with Crippen LogP contribution in [0.4, 0.5) is 0 Å². The van der Waals surface area contributed by atoms with E-state index < -0.39 is 6.10 Å². The van der Waals surface area contributed by atoms with Gasteiger partial charge in [0, 0.05) is 0 Å². The van der Waals surface area contributed by atoms with Crippen LogP contribution in [0, 0.1) is 11.3 Å². The number of benzene rings is 1. The maximum Gasteiger partial charge on any atom is 0.137 e. The first kappa shape index (κ1) is 17.4. The van der Waals surface area contributed by atoms with Gasteiger partial charge >= 0.3 is 0 Å². The molecule has 5 heteroatoms. The Bertz CT molecular complexity index is 424. The molecule has 1 aromatic carbocycles. The molecule has 21 heavy (non-hydrogen) atoms. The van der Waals surface area contributed by atoms with E-state index in [4.69, 9.17) is 10.00 Å². The molecule has 1 atom stereocenters. The summed E-state index contributed by atoms with van der Waals surface area (Å²) in [6, 6.07) is 8.98. The van der Waals surface area contributed by atoms with Crippen molar-refractivity contribution < 1.29 is 20.1 Å². The zero-order valence-electron chi connectivity index (χ0n) is 13.0. The van der Waals surface area contributed by atoms with Crippen molar-refractivity contribution in [2.75, 3.05) is 39.3 Å². The lowest BCUT2D eigenvalue weighted by atomic mass is 10.2. The summed E-state index contributed by atoms with van der Waals surface area (Å²) < 4.78 is 5.50. The van der Waals surface area contributed by atoms with Gasteiger partial charge in [-0.15, -0.1) is 0 Å². The summed E-state index contributed by atoms with van der Waals surface area (Å²) in [6.45, 7) is 9.75. The maximum absolute atomic E-state index is 9.88. The second-order valence-corrected chi connectivity index (χ2v) is 5.12. The molecule has 0 amide bonds. The van der Waals surface area contributed by atoms with Gasteiger partial charge in [-0.1, -0.05) is 0 Å². The van der Waals surface area contributed by atoms with Gasteiger partial charge in [0.2, 0.25) is 0 Å². The molecule has 0 fully saturated rings. The number of nitrogens with two attached hydrogens (primary N) is 1. The van der Waals surface area contributed by atoms with Crippen molar-refractivity contribution in [3.63, 3.8) is 0 Å². The number of rotatable bonds is 10. The molecule has 0 saturated carbocycles. The normalized spacial score (nSPS) is 12.1. The average Bonchev–Trinajstić information content (AvgIpc) is 2.53. The third-order valence-electron chi connectivity index (χ3n) is 3.57. The van der Waals surface area contributed by atoms with Gasteiger partial charge in [-0.05, 0) is 38.1 Å². The first-order chi connectivity index (χ1) is 10.2. The Balaban J connectivity index is 2.16. The maximum atomic E-state index is 9.88. The number of nitrogens with one attached hydrogen (secondary N) is 1. The van der Waals surface area contributed by atoms with Crippen molar-refractivity contribution in [1.29, 1.82) is 5.26 Å². The second-order valence-electron chi connectivity index (χ2n) is 5.12. The van der Waals surface area contributed by atoms with E-state index in [1.807, 2.05) is 0 Å². The number of ether oxygens (including phenoxy) is 1. The summed E-state index contributed by atoms with van der Waals surface area (Å²) in [7, 11) is 0. The molecule has 0 aliphatic rings. The molecule has 0 aliphatic carbocycles. The molecule has 0 unspecified atom stereocenters. The first-order valence-electron chi connectivity index (χ1n) is 7.65. The number of nitrogens with zero attached hydrogens (tertiary/aromatic N) is 1. The Kier molecular flexibility index (Phi) is 8.44. The van der Waals surface area contributed by atoms with Crippen LogP contribution in [0.25, 0.3) is 0 Å². The predicted octanol–water partition coefficient (Wildman–Crippen LogP) is -1.21. The number of likely N-dealkylation sites (N-methyl/N-ethyl adjacent to an activating group) is 1. The monoisotopic (exact) mass is 293 g/mol. The Morgan fingerprint density at radius 1 is 1.29 bits per heavy atom. The summed E-state index contributed by atoms with van der Waals surface area (Å²) in [5.41, 5.74) is 0.607. The Labute approximate surface area is 127 Å². The van der Waals surface area contributed by atoms with Crippen LogP contribution in [-0.4, -0.2) is 50.5 Å². The molecule has 0 aliphatic heterocycles. The fraction of sp³-hybridized carbons (Fsp3) is 0.562. The van der Waals surface area contributed by atoms with Gasteiger partial charge in [0.15, 0.2) is 0 Å². The molecule has 0 radical (unpaired) electrons. The van der Waals surface area contributed by atoms with E-state index in [9.17, 15) is 5.11 Å². The van der Waals surface area contributed by atoms with E-state index >= 15 is 0 Å². The first-order valence-corrected chi connectivity index (χ1v) is 7.65. The third-order valence-corrected chi connectivity index (χ3v) is 3.57. The minimum absolute atomic E-state index is 0.278. The molecular formula is C16H27N3O2+2. The highest BCUT2D eigenvalue weighted by atomic mass is 16.5. The highest BCUT2D eigenvalue weighted by molar-refractivity contribution is 5.34. The zero-order valence-corrected chi connectivity index (χ0v) is 13.0. The minimum atomic E-state index is -0.479. The van der Waals surface area contributed by atoms with Gasteiger partial charge < -0.3 is 20.1 Å². The standard InChI is InChI=1S/C16H25N3O2/c1-3-19(4-2)10-9-18-12-15(20)13-21-16-7-5-14(11-17)6-8-16/h5-8,15,18,20H,3-4,9-10,12-13H2,1-2H3/p+2/t15-/m0/s1. The van der Waals surface area contributed by atoms with E-state index in [1.54, 1.807) is 29.2 Å². The number of nitriles is 1. The highest BCUT2D eigenvalue weighted by Gasteiger charge is 2.09. The van der Waals surface area contributed by atoms with Gasteiger partial charge in [0.1, 0.15) is 38.1 Å². The van der Waals surface area contributed by atoms with Gasteiger partial charge in [-0.2, -0.15) is 5.26 Å². The molecule has 0 heterocycles. The van der Waals surface area contributed by atoms with E-state index in [2.05, 4.69) is 25.2 Å². The van der Waals surface area contributed by atoms with Gasteiger partial charge in [-0.25, -0.2) is 0 Å². The fourth-order valence-corrected chi connectivity index (χ4v) is 2.11. The van der Waals surface area contributed by atoms with Gasteiger partial charge in [0.05, 0.1) is 24.7 Å². The summed E-state index contributed by atoms with van der Waals surface area (Å²) in [6.07, 6.45) is -0.479. The average molecular weight is 293 g/mol. The van der Waals surface area contributed by atoms with Crippen molar-refractivity contribution in [3.05, 3.63) is 29.8 Å². The SMILES string of the molecule is CC[NH+](CC)CC[NH2+]C[C@H](O)COc1ccc(C#N)cc1. The van der Waals surface area contributed by atoms with Crippen molar-refractivity contribution in [2.24, 2.45) is 0 Å². The fourth-order valence-electron chi connectivity index (χ4n) is 2.11. The Morgan fingerprint density at radius 2 is 1.95 bits per heavy atom. The van der Waals surface area contributed by atoms with Crippen LogP contribution < -0.4 is 15.0 Å². The lowest BCUT2D eigenvalue weighted by molar-refractivity contribution is -0.909. The predicted molar refractivity (Wildman–Crippen MR) is 81.2 cm³/mol. The molecular weight excluding hydrogens is 266 g/mol. The molecule has 0 spiro atoms. The second kappa shape index (κ2) is 10.2. The Morgan fingerprint density at radius 3 is 2.52 bits per heavy atom. The topological polar surface area (TPSA) is 74.3 Å². The quantitative estimate of drug-likeness (QED) is 0.474. The molecule has 0 bridgehead atoms. The number of aliphatic hydroxyl groups is 1. The van der Waals surface area contributed by atoms with E-state index in [-0.39, 0.29) is 6.61 Å². The highest BCUT2D eigenvalue weighted by Crippen LogP contribution is 2.11. The Hall–Kier alpha value is -1.61. The third kappa shape index (κ3) is 7.09. The number of hydrogen-bond acceptors (Lipinski definition) is 3. The molecule has 1 rings (SSSR count). The minimum Gasteiger partial charge on any atom is -0.491 e. The van der Waals surface area contributed by atoms with Crippen LogP contribution in [0.15, 0.2) is 24.3 Å². The van der Waals surface area contributed by atoms with E-state index in [1.165, 1.54) is 0 Å². The van der Waals surface area contributed by atoms with Crippen LogP contribution >= 0.6 is 0 Å². The largest absolute Gasteiger partial charge is 0.491 e. The summed E-state index contributed by atoms with van der Waals surface area (Å²) in [4.78, 5) is 1.58. The number of quaternary nitrogens is 2. The van der Waals surface area contributed by atoms with Crippen LogP contribution in [0.1, 0.15) is 19.4 Å². The zero-order chi connectivity index (χ0) is 15.5. The number of aliphatic hydroxyl groups excluding tert-OH is 1. The molecule has 1 aromatic rings. The van der Waals surface area contributed by atoms with Gasteiger partial charge in [0.25, 0.3) is 0 Å². The van der Waals surface area contributed by atoms with Crippen LogP contribution in [0.5, 0.6) is 5.75 Å². The van der Waals surface area contributed by atoms with Crippen molar-refractivity contribution in [3.8, 4) is 11.8 Å². The summed E-state index contributed by atoms with van der Waals surface area (Å²) in [5.74, 6) is 0.681. The van der Waals surface area contributed by atoms with Crippen LogP contribution in [-0.2, 0) is 0 Å². The summed E-state index contributed by atoms with van der Waals surface area (Å²) in [5, 5.41) is 20.7. The molecule has 0 saturated heterocycles. The smallest absolute Gasteiger partial charge is 0.137 e. The van der Waals surface area contributed by atoms with Crippen molar-refractivity contribution >= 4 is 0 Å². The lowest BCUT2D eigenvalue weighted by Crippen LogP contribution is -3.14. The van der Waals surface area contributed by atoms with Gasteiger partial charge in [-0.3, -0.25) is 0 Å². The van der Waals surface area contributed by atoms with E-state index in [0.717, 1.165) is 26.2 Å². The number of hydrogen-bond donors (Lipinski definition) is 3. The lowest BCUT2D eigenvalue weighted by Gasteiger charge is -2.15. The van der Waals surface area contributed by atoms with Crippen molar-refractivity contribution in [2.45, 2.75) is 20.0 Å².